The van der Waals surface area contributed by atoms with Crippen molar-refractivity contribution in [2.75, 3.05) is 29.9 Å². The molecule has 1 fully saturated rings. The van der Waals surface area contributed by atoms with Crippen LogP contribution < -0.4 is 15.5 Å². The minimum absolute atomic E-state index is 0.0469. The number of nitrogens with one attached hydrogen (secondary N) is 2. The lowest BCUT2D eigenvalue weighted by molar-refractivity contribution is -0.117. The van der Waals surface area contributed by atoms with Gasteiger partial charge in [0.1, 0.15) is 0 Å². The normalized spacial score (nSPS) is 17.6. The van der Waals surface area contributed by atoms with Gasteiger partial charge in [-0.1, -0.05) is 31.2 Å². The number of para-hydroxylation sites is 1. The molecule has 0 radical (unpaired) electrons. The van der Waals surface area contributed by atoms with E-state index in [4.69, 9.17) is 0 Å². The Balaban J connectivity index is 1.45. The van der Waals surface area contributed by atoms with Gasteiger partial charge in [0.15, 0.2) is 0 Å². The first-order chi connectivity index (χ1) is 13.6. The third kappa shape index (κ3) is 5.35. The summed E-state index contributed by atoms with van der Waals surface area (Å²) in [6.07, 6.45) is 1.81. The molecule has 0 heterocycles. The Morgan fingerprint density at radius 3 is 2.54 bits per heavy atom. The fourth-order valence-electron chi connectivity index (χ4n) is 3.34. The largest absolute Gasteiger partial charge is 0.372 e. The molecule has 2 aromatic carbocycles. The predicted octanol–water partition coefficient (Wildman–Crippen LogP) is 3.93. The molecule has 0 saturated heterocycles. The van der Waals surface area contributed by atoms with Crippen LogP contribution in [0.25, 0.3) is 0 Å². The molecule has 0 aliphatic heterocycles. The molecule has 0 spiro atoms. The summed E-state index contributed by atoms with van der Waals surface area (Å²) in [5, 5.41) is 5.89. The quantitative estimate of drug-likeness (QED) is 0.649. The zero-order valence-electron chi connectivity index (χ0n) is 16.7. The maximum absolute atomic E-state index is 12.4. The molecule has 2 N–H and O–H groups in total. The van der Waals surface area contributed by atoms with Crippen molar-refractivity contribution >= 4 is 23.2 Å². The molecule has 2 unspecified atom stereocenters. The van der Waals surface area contributed by atoms with Crippen LogP contribution in [-0.2, 0) is 4.79 Å². The zero-order valence-corrected chi connectivity index (χ0v) is 16.7. The summed E-state index contributed by atoms with van der Waals surface area (Å²) < 4.78 is 0. The third-order valence-corrected chi connectivity index (χ3v) is 5.23. The average molecular weight is 380 g/mol. The van der Waals surface area contributed by atoms with Gasteiger partial charge < -0.3 is 15.5 Å². The molecule has 148 valence electrons. The number of carbonyl (C=O) groups excluding carboxylic acids is 2. The van der Waals surface area contributed by atoms with E-state index in [0.29, 0.717) is 23.7 Å². The third-order valence-electron chi connectivity index (χ3n) is 5.23. The van der Waals surface area contributed by atoms with Crippen molar-refractivity contribution in [3.63, 3.8) is 0 Å². The molecule has 2 aromatic rings. The molecule has 5 heteroatoms. The number of nitrogens with zero attached hydrogens (tertiary/aromatic N) is 1. The van der Waals surface area contributed by atoms with Gasteiger partial charge in [-0.05, 0) is 56.0 Å². The monoisotopic (exact) mass is 379 g/mol. The lowest BCUT2D eigenvalue weighted by Crippen LogP contribution is -2.30. The van der Waals surface area contributed by atoms with Crippen molar-refractivity contribution in [2.24, 2.45) is 11.8 Å². The summed E-state index contributed by atoms with van der Waals surface area (Å²) in [5.41, 5.74) is 2.44. The molecule has 1 saturated carbocycles. The van der Waals surface area contributed by atoms with Gasteiger partial charge in [-0.3, -0.25) is 9.59 Å². The molecular weight excluding hydrogens is 350 g/mol. The van der Waals surface area contributed by atoms with Crippen molar-refractivity contribution in [2.45, 2.75) is 26.7 Å². The Morgan fingerprint density at radius 1 is 1.11 bits per heavy atom. The summed E-state index contributed by atoms with van der Waals surface area (Å²) in [5.74, 6) is 0.512. The highest BCUT2D eigenvalue weighted by molar-refractivity contribution is 5.98. The van der Waals surface area contributed by atoms with Crippen molar-refractivity contribution in [3.8, 4) is 0 Å². The molecular formula is C23H29N3O2. The Kier molecular flexibility index (Phi) is 6.69. The topological polar surface area (TPSA) is 61.4 Å². The molecule has 1 aliphatic carbocycles. The minimum atomic E-state index is -0.112. The van der Waals surface area contributed by atoms with Gasteiger partial charge in [0.25, 0.3) is 5.91 Å². The van der Waals surface area contributed by atoms with Gasteiger partial charge in [-0.2, -0.15) is 0 Å². The van der Waals surface area contributed by atoms with E-state index >= 15 is 0 Å². The summed E-state index contributed by atoms with van der Waals surface area (Å²) >= 11 is 0. The number of hydrogen-bond donors (Lipinski definition) is 2. The minimum Gasteiger partial charge on any atom is -0.372 e. The Labute approximate surface area is 167 Å². The van der Waals surface area contributed by atoms with Crippen LogP contribution in [0.1, 0.15) is 37.0 Å². The SMILES string of the molecule is CCN(CCCNC(=O)c1cccc(NC(=O)C2CC2C)c1)c1ccccc1. The van der Waals surface area contributed by atoms with Gasteiger partial charge >= 0.3 is 0 Å². The van der Waals surface area contributed by atoms with E-state index in [-0.39, 0.29) is 17.7 Å². The molecule has 0 bridgehead atoms. The maximum atomic E-state index is 12.4. The second kappa shape index (κ2) is 9.40. The molecule has 3 rings (SSSR count). The van der Waals surface area contributed by atoms with E-state index in [1.54, 1.807) is 18.2 Å². The lowest BCUT2D eigenvalue weighted by Gasteiger charge is -2.23. The van der Waals surface area contributed by atoms with Crippen molar-refractivity contribution in [1.82, 2.24) is 5.32 Å². The van der Waals surface area contributed by atoms with E-state index < -0.39 is 0 Å². The molecule has 2 atom stereocenters. The van der Waals surface area contributed by atoms with E-state index in [9.17, 15) is 9.59 Å². The van der Waals surface area contributed by atoms with E-state index in [1.165, 1.54) is 5.69 Å². The smallest absolute Gasteiger partial charge is 0.251 e. The predicted molar refractivity (Wildman–Crippen MR) is 114 cm³/mol. The zero-order chi connectivity index (χ0) is 19.9. The first-order valence-electron chi connectivity index (χ1n) is 10.1. The number of anilines is 2. The molecule has 2 amide bonds. The summed E-state index contributed by atoms with van der Waals surface area (Å²) in [6.45, 7) is 6.63. The van der Waals surface area contributed by atoms with E-state index in [1.807, 2.05) is 24.3 Å². The fourth-order valence-corrected chi connectivity index (χ4v) is 3.34. The van der Waals surface area contributed by atoms with Crippen LogP contribution >= 0.6 is 0 Å². The summed E-state index contributed by atoms with van der Waals surface area (Å²) in [4.78, 5) is 26.8. The van der Waals surface area contributed by atoms with Crippen LogP contribution in [0.2, 0.25) is 0 Å². The second-order valence-corrected chi connectivity index (χ2v) is 7.41. The fraction of sp³-hybridized carbons (Fsp3) is 0.391. The van der Waals surface area contributed by atoms with Gasteiger partial charge in [0, 0.05) is 42.5 Å². The van der Waals surface area contributed by atoms with Crippen molar-refractivity contribution in [3.05, 3.63) is 60.2 Å². The molecule has 0 aromatic heterocycles. The highest BCUT2D eigenvalue weighted by Crippen LogP contribution is 2.38. The van der Waals surface area contributed by atoms with E-state index in [2.05, 4.69) is 41.5 Å². The maximum Gasteiger partial charge on any atom is 0.251 e. The highest BCUT2D eigenvalue weighted by atomic mass is 16.2. The van der Waals surface area contributed by atoms with Crippen LogP contribution in [0.5, 0.6) is 0 Å². The number of benzene rings is 2. The van der Waals surface area contributed by atoms with Crippen molar-refractivity contribution < 1.29 is 9.59 Å². The second-order valence-electron chi connectivity index (χ2n) is 7.41. The summed E-state index contributed by atoms with van der Waals surface area (Å²) in [7, 11) is 0. The Hall–Kier alpha value is -2.82. The van der Waals surface area contributed by atoms with Gasteiger partial charge in [0.05, 0.1) is 0 Å². The number of rotatable bonds is 9. The van der Waals surface area contributed by atoms with Gasteiger partial charge in [-0.25, -0.2) is 0 Å². The van der Waals surface area contributed by atoms with E-state index in [0.717, 1.165) is 25.9 Å². The first-order valence-corrected chi connectivity index (χ1v) is 10.1. The summed E-state index contributed by atoms with van der Waals surface area (Å²) in [6, 6.07) is 17.4. The molecule has 28 heavy (non-hydrogen) atoms. The molecule has 1 aliphatic rings. The van der Waals surface area contributed by atoms with Crippen LogP contribution in [0.3, 0.4) is 0 Å². The Morgan fingerprint density at radius 2 is 1.86 bits per heavy atom. The molecule has 5 nitrogen and oxygen atoms in total. The van der Waals surface area contributed by atoms with Crippen LogP contribution in [0.15, 0.2) is 54.6 Å². The standard InChI is InChI=1S/C23H29N3O2/c1-3-26(20-11-5-4-6-12-20)14-8-13-24-22(27)18-9-7-10-19(16-18)25-23(28)21-15-17(21)2/h4-7,9-12,16-17,21H,3,8,13-15H2,1-2H3,(H,24,27)(H,25,28). The van der Waals surface area contributed by atoms with Crippen LogP contribution in [0.4, 0.5) is 11.4 Å². The van der Waals surface area contributed by atoms with Crippen molar-refractivity contribution in [1.29, 1.82) is 0 Å². The number of amides is 2. The lowest BCUT2D eigenvalue weighted by atomic mass is 10.1. The van der Waals surface area contributed by atoms with Crippen LogP contribution in [0, 0.1) is 11.8 Å². The first kappa shape index (κ1) is 19.9. The van der Waals surface area contributed by atoms with Gasteiger partial charge in [0.2, 0.25) is 5.91 Å². The van der Waals surface area contributed by atoms with Gasteiger partial charge in [-0.15, -0.1) is 0 Å². The number of hydrogen-bond acceptors (Lipinski definition) is 3. The number of carbonyl (C=O) groups is 2. The highest BCUT2D eigenvalue weighted by Gasteiger charge is 2.39. The Bertz CT molecular complexity index is 807. The average Bonchev–Trinajstić information content (AvgIpc) is 3.45. The van der Waals surface area contributed by atoms with Crippen LogP contribution in [-0.4, -0.2) is 31.4 Å².